The van der Waals surface area contributed by atoms with Gasteiger partial charge >= 0.3 is 5.97 Å². The van der Waals surface area contributed by atoms with Crippen LogP contribution in [0.2, 0.25) is 10.2 Å². The van der Waals surface area contributed by atoms with E-state index in [2.05, 4.69) is 9.97 Å². The third-order valence-corrected chi connectivity index (χ3v) is 4.94. The highest BCUT2D eigenvalue weighted by Crippen LogP contribution is 2.35. The van der Waals surface area contributed by atoms with Crippen molar-refractivity contribution in [1.29, 1.82) is 0 Å². The first-order valence-corrected chi connectivity index (χ1v) is 8.93. The predicted octanol–water partition coefficient (Wildman–Crippen LogP) is 4.00. The molecule has 3 rings (SSSR count). The zero-order valence-corrected chi connectivity index (χ0v) is 15.6. The molecule has 0 radical (unpaired) electrons. The van der Waals surface area contributed by atoms with E-state index in [9.17, 15) is 4.79 Å². The number of carbonyl (C=O) groups excluding carboxylic acids is 1. The molecule has 0 unspecified atom stereocenters. The summed E-state index contributed by atoms with van der Waals surface area (Å²) >= 11 is 12.8. The number of pyridine rings is 1. The minimum absolute atomic E-state index is 0.0745. The van der Waals surface area contributed by atoms with E-state index in [0.29, 0.717) is 53.4 Å². The molecule has 134 valence electrons. The Morgan fingerprint density at radius 1 is 1.40 bits per heavy atom. The van der Waals surface area contributed by atoms with E-state index in [0.717, 1.165) is 12.2 Å². The summed E-state index contributed by atoms with van der Waals surface area (Å²) in [7, 11) is 1.41. The van der Waals surface area contributed by atoms with E-state index in [-0.39, 0.29) is 11.9 Å². The van der Waals surface area contributed by atoms with Crippen LogP contribution < -0.4 is 4.90 Å². The third kappa shape index (κ3) is 3.75. The van der Waals surface area contributed by atoms with E-state index in [4.69, 9.17) is 32.4 Å². The molecule has 8 heteroatoms. The fourth-order valence-corrected chi connectivity index (χ4v) is 3.40. The van der Waals surface area contributed by atoms with Crippen molar-refractivity contribution < 1.29 is 13.9 Å². The van der Waals surface area contributed by atoms with Crippen molar-refractivity contribution in [3.05, 3.63) is 28.2 Å². The second-order valence-electron chi connectivity index (χ2n) is 5.90. The van der Waals surface area contributed by atoms with Crippen LogP contribution in [0.1, 0.15) is 25.5 Å². The van der Waals surface area contributed by atoms with Crippen LogP contribution in [0.25, 0.3) is 11.5 Å². The molecular weight excluding hydrogens is 365 g/mol. The molecule has 0 bridgehead atoms. The van der Waals surface area contributed by atoms with Gasteiger partial charge in [0.1, 0.15) is 16.7 Å². The number of carbonyl (C=O) groups is 1. The number of oxazole rings is 1. The Balaban J connectivity index is 1.80. The van der Waals surface area contributed by atoms with Crippen molar-refractivity contribution in [2.24, 2.45) is 5.92 Å². The van der Waals surface area contributed by atoms with Gasteiger partial charge in [0.2, 0.25) is 5.89 Å². The van der Waals surface area contributed by atoms with Gasteiger partial charge in [0.25, 0.3) is 0 Å². The zero-order chi connectivity index (χ0) is 18.0. The number of methoxy groups -OCH3 is 1. The lowest BCUT2D eigenvalue weighted by atomic mass is 9.97. The van der Waals surface area contributed by atoms with Crippen LogP contribution in [0.4, 0.5) is 5.82 Å². The number of aryl methyl sites for hydroxylation is 1. The molecule has 6 nitrogen and oxygen atoms in total. The summed E-state index contributed by atoms with van der Waals surface area (Å²) in [5.41, 5.74) is 0.569. The standard InChI is InChI=1S/C17H19Cl2N3O3/c1-3-11-9-20-16(25-11)12-8-13(18)15(21-14(12)19)22-6-4-10(5-7-22)17(23)24-2/h8-10H,3-7H2,1-2H3. The average Bonchev–Trinajstić information content (AvgIpc) is 3.11. The van der Waals surface area contributed by atoms with Crippen molar-refractivity contribution in [3.63, 3.8) is 0 Å². The van der Waals surface area contributed by atoms with Crippen LogP contribution in [-0.4, -0.2) is 36.1 Å². The van der Waals surface area contributed by atoms with Gasteiger partial charge in [-0.1, -0.05) is 30.1 Å². The second-order valence-corrected chi connectivity index (χ2v) is 6.67. The molecule has 2 aromatic rings. The number of hydrogen-bond donors (Lipinski definition) is 0. The first kappa shape index (κ1) is 18.0. The number of nitrogens with zero attached hydrogens (tertiary/aromatic N) is 3. The number of ether oxygens (including phenoxy) is 1. The molecule has 0 N–H and O–H groups in total. The highest BCUT2D eigenvalue weighted by atomic mass is 35.5. The highest BCUT2D eigenvalue weighted by molar-refractivity contribution is 6.35. The van der Waals surface area contributed by atoms with Crippen LogP contribution in [0, 0.1) is 5.92 Å². The summed E-state index contributed by atoms with van der Waals surface area (Å²) in [5.74, 6) is 1.56. The maximum atomic E-state index is 11.6. The first-order chi connectivity index (χ1) is 12.0. The normalized spacial score (nSPS) is 15.4. The number of anilines is 1. The Morgan fingerprint density at radius 3 is 2.72 bits per heavy atom. The summed E-state index contributed by atoms with van der Waals surface area (Å²) < 4.78 is 10.4. The van der Waals surface area contributed by atoms with Gasteiger partial charge in [-0.3, -0.25) is 4.79 Å². The topological polar surface area (TPSA) is 68.5 Å². The van der Waals surface area contributed by atoms with Crippen LogP contribution in [-0.2, 0) is 16.0 Å². The fourth-order valence-electron chi connectivity index (χ4n) is 2.92. The number of esters is 1. The molecule has 0 saturated carbocycles. The maximum Gasteiger partial charge on any atom is 0.308 e. The molecular formula is C17H19Cl2N3O3. The number of hydrogen-bond acceptors (Lipinski definition) is 6. The largest absolute Gasteiger partial charge is 0.469 e. The number of aromatic nitrogens is 2. The second kappa shape index (κ2) is 7.62. The van der Waals surface area contributed by atoms with E-state index >= 15 is 0 Å². The molecule has 0 atom stereocenters. The van der Waals surface area contributed by atoms with Crippen LogP contribution in [0.3, 0.4) is 0 Å². The zero-order valence-electron chi connectivity index (χ0n) is 14.1. The van der Waals surface area contributed by atoms with Crippen LogP contribution >= 0.6 is 23.2 Å². The molecule has 0 aromatic carbocycles. The van der Waals surface area contributed by atoms with E-state index in [1.165, 1.54) is 7.11 Å². The minimum atomic E-state index is -0.164. The minimum Gasteiger partial charge on any atom is -0.469 e. The lowest BCUT2D eigenvalue weighted by Crippen LogP contribution is -2.37. The molecule has 25 heavy (non-hydrogen) atoms. The van der Waals surface area contributed by atoms with Crippen molar-refractivity contribution in [3.8, 4) is 11.5 Å². The first-order valence-electron chi connectivity index (χ1n) is 8.17. The van der Waals surface area contributed by atoms with Gasteiger partial charge in [-0.25, -0.2) is 9.97 Å². The Kier molecular flexibility index (Phi) is 5.49. The predicted molar refractivity (Wildman–Crippen MR) is 96.1 cm³/mol. The van der Waals surface area contributed by atoms with E-state index in [1.807, 2.05) is 11.8 Å². The summed E-state index contributed by atoms with van der Waals surface area (Å²) in [6.45, 7) is 3.32. The molecule has 1 fully saturated rings. The van der Waals surface area contributed by atoms with Crippen molar-refractivity contribution >= 4 is 35.0 Å². The summed E-state index contributed by atoms with van der Waals surface area (Å²) in [4.78, 5) is 22.3. The SMILES string of the molecule is CCc1cnc(-c2cc(Cl)c(N3CCC(C(=O)OC)CC3)nc2Cl)o1. The van der Waals surface area contributed by atoms with Gasteiger partial charge in [-0.2, -0.15) is 0 Å². The molecule has 1 aliphatic heterocycles. The van der Waals surface area contributed by atoms with Crippen LogP contribution in [0.15, 0.2) is 16.7 Å². The van der Waals surface area contributed by atoms with Gasteiger partial charge in [0.15, 0.2) is 0 Å². The lowest BCUT2D eigenvalue weighted by molar-refractivity contribution is -0.146. The quantitative estimate of drug-likeness (QED) is 0.587. The highest BCUT2D eigenvalue weighted by Gasteiger charge is 2.28. The van der Waals surface area contributed by atoms with Crippen LogP contribution in [0.5, 0.6) is 0 Å². The van der Waals surface area contributed by atoms with Gasteiger partial charge in [-0.05, 0) is 18.9 Å². The summed E-state index contributed by atoms with van der Waals surface area (Å²) in [6, 6.07) is 1.73. The molecule has 3 heterocycles. The molecule has 1 saturated heterocycles. The molecule has 0 spiro atoms. The van der Waals surface area contributed by atoms with Gasteiger partial charge in [0, 0.05) is 19.5 Å². The molecule has 1 aliphatic rings. The number of halogens is 2. The molecule has 0 amide bonds. The summed E-state index contributed by atoms with van der Waals surface area (Å²) in [5, 5.41) is 0.770. The van der Waals surface area contributed by atoms with Crippen molar-refractivity contribution in [1.82, 2.24) is 9.97 Å². The molecule has 0 aliphatic carbocycles. The van der Waals surface area contributed by atoms with Gasteiger partial charge in [-0.15, -0.1) is 0 Å². The fraction of sp³-hybridized carbons (Fsp3) is 0.471. The van der Waals surface area contributed by atoms with E-state index in [1.54, 1.807) is 12.3 Å². The lowest BCUT2D eigenvalue weighted by Gasteiger charge is -2.32. The monoisotopic (exact) mass is 383 g/mol. The Bertz CT molecular complexity index is 770. The van der Waals surface area contributed by atoms with Gasteiger partial charge < -0.3 is 14.1 Å². The third-order valence-electron chi connectivity index (χ3n) is 4.37. The van der Waals surface area contributed by atoms with Gasteiger partial charge in [0.05, 0.1) is 29.8 Å². The summed E-state index contributed by atoms with van der Waals surface area (Å²) in [6.07, 6.45) is 3.82. The number of piperidine rings is 1. The van der Waals surface area contributed by atoms with E-state index < -0.39 is 0 Å². The average molecular weight is 384 g/mol. The van der Waals surface area contributed by atoms with Crippen molar-refractivity contribution in [2.45, 2.75) is 26.2 Å². The number of rotatable bonds is 4. The maximum absolute atomic E-state index is 11.6. The Morgan fingerprint density at radius 2 is 2.12 bits per heavy atom. The Labute approximate surface area is 156 Å². The Hall–Kier alpha value is -1.79. The van der Waals surface area contributed by atoms with Crippen molar-refractivity contribution in [2.75, 3.05) is 25.1 Å². The molecule has 2 aromatic heterocycles. The smallest absolute Gasteiger partial charge is 0.308 e.